The smallest absolute Gasteiger partial charge is 0.273 e. The van der Waals surface area contributed by atoms with E-state index in [1.165, 1.54) is 11.3 Å². The number of aromatic amines is 1. The Balaban J connectivity index is 1.76. The van der Waals surface area contributed by atoms with Gasteiger partial charge in [-0.3, -0.25) is 10.1 Å². The van der Waals surface area contributed by atoms with Crippen LogP contribution in [-0.2, 0) is 0 Å². The van der Waals surface area contributed by atoms with Gasteiger partial charge in [0.1, 0.15) is 5.69 Å². The van der Waals surface area contributed by atoms with Gasteiger partial charge in [0.15, 0.2) is 5.13 Å². The minimum Gasteiger partial charge on any atom is -0.356 e. The number of nitrogens with one attached hydrogen (secondary N) is 2. The molecule has 0 aliphatic rings. The minimum atomic E-state index is -0.197. The quantitative estimate of drug-likeness (QED) is 0.740. The molecule has 96 valence electrons. The Morgan fingerprint density at radius 2 is 2.32 bits per heavy atom. The maximum absolute atomic E-state index is 11.9. The Kier molecular flexibility index (Phi) is 3.50. The van der Waals surface area contributed by atoms with Gasteiger partial charge in [-0.2, -0.15) is 0 Å². The second-order valence-corrected chi connectivity index (χ2v) is 6.42. The molecule has 0 aromatic carbocycles. The summed E-state index contributed by atoms with van der Waals surface area (Å²) in [5.41, 5.74) is 1.39. The van der Waals surface area contributed by atoms with Gasteiger partial charge in [0, 0.05) is 16.0 Å². The molecule has 0 atom stereocenters. The molecule has 0 fully saturated rings. The number of amides is 1. The first-order valence-corrected chi connectivity index (χ1v) is 7.92. The Bertz CT molecular complexity index is 702. The van der Waals surface area contributed by atoms with Crippen LogP contribution in [0, 0.1) is 0 Å². The zero-order chi connectivity index (χ0) is 13.2. The summed E-state index contributed by atoms with van der Waals surface area (Å²) in [5.74, 6) is -0.197. The summed E-state index contributed by atoms with van der Waals surface area (Å²) in [6, 6.07) is 5.71. The molecule has 0 unspecified atom stereocenters. The number of carbonyl (C=O) groups is 1. The van der Waals surface area contributed by atoms with Gasteiger partial charge in [0.2, 0.25) is 0 Å². The third-order valence-electron chi connectivity index (χ3n) is 2.39. The fraction of sp³-hybridized carbons (Fsp3) is 0. The molecule has 4 nitrogen and oxygen atoms in total. The molecule has 0 aliphatic heterocycles. The van der Waals surface area contributed by atoms with Crippen LogP contribution in [0.5, 0.6) is 0 Å². The van der Waals surface area contributed by atoms with E-state index in [1.807, 2.05) is 22.9 Å². The maximum Gasteiger partial charge on any atom is 0.273 e. The van der Waals surface area contributed by atoms with Gasteiger partial charge in [-0.15, -0.1) is 22.7 Å². The first-order chi connectivity index (χ1) is 9.22. The van der Waals surface area contributed by atoms with E-state index < -0.39 is 0 Å². The second-order valence-electron chi connectivity index (χ2n) is 3.70. The van der Waals surface area contributed by atoms with Gasteiger partial charge in [-0.1, -0.05) is 6.07 Å². The van der Waals surface area contributed by atoms with Crippen molar-refractivity contribution in [1.82, 2.24) is 9.97 Å². The lowest BCUT2D eigenvalue weighted by Gasteiger charge is -1.98. The minimum absolute atomic E-state index is 0.197. The fourth-order valence-corrected chi connectivity index (χ4v) is 3.34. The molecular formula is C12H8BrN3OS2. The number of anilines is 1. The van der Waals surface area contributed by atoms with E-state index in [2.05, 4.69) is 31.2 Å². The van der Waals surface area contributed by atoms with Crippen LogP contribution in [-0.4, -0.2) is 15.9 Å². The monoisotopic (exact) mass is 353 g/mol. The van der Waals surface area contributed by atoms with E-state index in [9.17, 15) is 4.79 Å². The zero-order valence-electron chi connectivity index (χ0n) is 9.51. The molecule has 0 radical (unpaired) electrons. The second kappa shape index (κ2) is 5.28. The van der Waals surface area contributed by atoms with Crippen LogP contribution in [0.3, 0.4) is 0 Å². The van der Waals surface area contributed by atoms with E-state index in [0.29, 0.717) is 10.8 Å². The summed E-state index contributed by atoms with van der Waals surface area (Å²) in [6.07, 6.45) is 1.72. The van der Waals surface area contributed by atoms with Crippen LogP contribution < -0.4 is 5.32 Å². The van der Waals surface area contributed by atoms with E-state index in [4.69, 9.17) is 0 Å². The number of carbonyl (C=O) groups excluding carboxylic acids is 1. The predicted molar refractivity (Wildman–Crippen MR) is 81.9 cm³/mol. The van der Waals surface area contributed by atoms with Crippen LogP contribution in [0.1, 0.15) is 10.5 Å². The van der Waals surface area contributed by atoms with Gasteiger partial charge >= 0.3 is 0 Å². The summed E-state index contributed by atoms with van der Waals surface area (Å²) in [4.78, 5) is 20.3. The molecule has 0 bridgehead atoms. The highest BCUT2D eigenvalue weighted by atomic mass is 79.9. The number of H-pyrrole nitrogens is 1. The van der Waals surface area contributed by atoms with Crippen molar-refractivity contribution in [2.75, 3.05) is 5.32 Å². The summed E-state index contributed by atoms with van der Waals surface area (Å²) in [6.45, 7) is 0. The molecule has 0 saturated heterocycles. The highest BCUT2D eigenvalue weighted by molar-refractivity contribution is 9.10. The first kappa shape index (κ1) is 12.6. The molecule has 3 aromatic heterocycles. The molecule has 3 heterocycles. The van der Waals surface area contributed by atoms with Gasteiger partial charge in [0.05, 0.1) is 10.6 Å². The van der Waals surface area contributed by atoms with Crippen LogP contribution in [0.2, 0.25) is 0 Å². The number of hydrogen-bond acceptors (Lipinski definition) is 4. The molecule has 0 spiro atoms. The zero-order valence-corrected chi connectivity index (χ0v) is 12.7. The highest BCUT2D eigenvalue weighted by Gasteiger charge is 2.11. The number of halogens is 1. The topological polar surface area (TPSA) is 57.8 Å². The van der Waals surface area contributed by atoms with Crippen LogP contribution in [0.4, 0.5) is 5.13 Å². The summed E-state index contributed by atoms with van der Waals surface area (Å²) < 4.78 is 0.844. The molecule has 3 rings (SSSR count). The van der Waals surface area contributed by atoms with Crippen molar-refractivity contribution in [1.29, 1.82) is 0 Å². The average Bonchev–Trinajstić information content (AvgIpc) is 3.07. The van der Waals surface area contributed by atoms with E-state index >= 15 is 0 Å². The van der Waals surface area contributed by atoms with Crippen molar-refractivity contribution in [2.24, 2.45) is 0 Å². The van der Waals surface area contributed by atoms with Crippen molar-refractivity contribution in [2.45, 2.75) is 0 Å². The van der Waals surface area contributed by atoms with Gasteiger partial charge < -0.3 is 4.98 Å². The van der Waals surface area contributed by atoms with Gasteiger partial charge in [-0.05, 0) is 33.4 Å². The lowest BCUT2D eigenvalue weighted by atomic mass is 10.4. The molecule has 2 N–H and O–H groups in total. The highest BCUT2D eigenvalue weighted by Crippen LogP contribution is 2.28. The molecule has 1 amide bonds. The first-order valence-electron chi connectivity index (χ1n) is 5.37. The third-order valence-corrected chi connectivity index (χ3v) is 4.50. The van der Waals surface area contributed by atoms with Crippen LogP contribution >= 0.6 is 38.6 Å². The fourth-order valence-electron chi connectivity index (χ4n) is 1.53. The summed E-state index contributed by atoms with van der Waals surface area (Å²) in [5, 5.41) is 7.31. The molecule has 7 heteroatoms. The average molecular weight is 354 g/mol. The predicted octanol–water partition coefficient (Wildman–Crippen LogP) is 4.21. The number of thiazole rings is 1. The van der Waals surface area contributed by atoms with E-state index in [1.54, 1.807) is 23.6 Å². The van der Waals surface area contributed by atoms with E-state index in [-0.39, 0.29) is 5.91 Å². The lowest BCUT2D eigenvalue weighted by molar-refractivity contribution is 0.102. The van der Waals surface area contributed by atoms with Crippen LogP contribution in [0.25, 0.3) is 10.6 Å². The van der Waals surface area contributed by atoms with Crippen molar-refractivity contribution in [3.63, 3.8) is 0 Å². The Morgan fingerprint density at radius 3 is 3.00 bits per heavy atom. The molecule has 3 aromatic rings. The maximum atomic E-state index is 11.9. The third kappa shape index (κ3) is 2.78. The van der Waals surface area contributed by atoms with E-state index in [0.717, 1.165) is 15.0 Å². The van der Waals surface area contributed by atoms with Crippen LogP contribution in [0.15, 0.2) is 39.6 Å². The van der Waals surface area contributed by atoms with Crippen molar-refractivity contribution < 1.29 is 4.79 Å². The van der Waals surface area contributed by atoms with Crippen molar-refractivity contribution in [3.05, 3.63) is 45.3 Å². The normalized spacial score (nSPS) is 10.6. The largest absolute Gasteiger partial charge is 0.356 e. The standard InChI is InChI=1S/C12H8BrN3OS2/c13-7-4-8(14-5-7)11(17)16-12-15-9(6-19-12)10-2-1-3-18-10/h1-6,14H,(H,15,16,17). The molecule has 0 aliphatic carbocycles. The number of rotatable bonds is 3. The summed E-state index contributed by atoms with van der Waals surface area (Å²) in [7, 11) is 0. The van der Waals surface area contributed by atoms with Gasteiger partial charge in [-0.25, -0.2) is 4.98 Å². The van der Waals surface area contributed by atoms with Crippen molar-refractivity contribution in [3.8, 4) is 10.6 Å². The Hall–Kier alpha value is -1.44. The Morgan fingerprint density at radius 1 is 1.42 bits per heavy atom. The Labute approximate surface area is 125 Å². The number of hydrogen-bond donors (Lipinski definition) is 2. The number of nitrogens with zero attached hydrogens (tertiary/aromatic N) is 1. The molecule has 0 saturated carbocycles. The molecular weight excluding hydrogens is 346 g/mol. The molecule has 19 heavy (non-hydrogen) atoms. The van der Waals surface area contributed by atoms with Gasteiger partial charge in [0.25, 0.3) is 5.91 Å². The SMILES string of the molecule is O=C(Nc1nc(-c2cccs2)cs1)c1cc(Br)c[nH]1. The van der Waals surface area contributed by atoms with Crippen molar-refractivity contribution >= 4 is 49.6 Å². The summed E-state index contributed by atoms with van der Waals surface area (Å²) >= 11 is 6.34. The lowest BCUT2D eigenvalue weighted by Crippen LogP contribution is -2.11. The number of aromatic nitrogens is 2. The number of thiophene rings is 1.